The SMILES string of the molecule is CCC(C)Nc1c(F)cc(Br)cc1F. The Morgan fingerprint density at radius 3 is 2.29 bits per heavy atom. The second kappa shape index (κ2) is 4.73. The van der Waals surface area contributed by atoms with Crippen molar-refractivity contribution in [1.82, 2.24) is 0 Å². The van der Waals surface area contributed by atoms with Crippen molar-refractivity contribution in [2.45, 2.75) is 26.3 Å². The van der Waals surface area contributed by atoms with Crippen LogP contribution in [0.25, 0.3) is 0 Å². The average molecular weight is 264 g/mol. The first-order valence-electron chi connectivity index (χ1n) is 4.45. The normalized spacial score (nSPS) is 12.6. The highest BCUT2D eigenvalue weighted by Gasteiger charge is 2.11. The summed E-state index contributed by atoms with van der Waals surface area (Å²) in [6, 6.07) is 2.54. The third-order valence-electron chi connectivity index (χ3n) is 2.01. The van der Waals surface area contributed by atoms with Gasteiger partial charge in [-0.05, 0) is 25.5 Å². The van der Waals surface area contributed by atoms with Gasteiger partial charge in [0.2, 0.25) is 0 Å². The van der Waals surface area contributed by atoms with Gasteiger partial charge in [0, 0.05) is 10.5 Å². The molecule has 0 aliphatic carbocycles. The molecule has 0 saturated carbocycles. The predicted octanol–water partition coefficient (Wildman–Crippen LogP) is 3.94. The minimum absolute atomic E-state index is 0.0532. The lowest BCUT2D eigenvalue weighted by Crippen LogP contribution is -2.15. The summed E-state index contributed by atoms with van der Waals surface area (Å²) in [5, 5.41) is 2.78. The average Bonchev–Trinajstić information content (AvgIpc) is 2.10. The van der Waals surface area contributed by atoms with E-state index in [2.05, 4.69) is 21.2 Å². The molecule has 0 aliphatic rings. The van der Waals surface area contributed by atoms with E-state index < -0.39 is 11.6 Å². The van der Waals surface area contributed by atoms with Crippen molar-refractivity contribution in [3.05, 3.63) is 28.2 Å². The Balaban J connectivity index is 2.96. The Labute approximate surface area is 90.6 Å². The van der Waals surface area contributed by atoms with Crippen molar-refractivity contribution < 1.29 is 8.78 Å². The van der Waals surface area contributed by atoms with Crippen molar-refractivity contribution in [2.24, 2.45) is 0 Å². The molecule has 14 heavy (non-hydrogen) atoms. The van der Waals surface area contributed by atoms with Gasteiger partial charge >= 0.3 is 0 Å². The molecule has 1 unspecified atom stereocenters. The van der Waals surface area contributed by atoms with E-state index in [0.29, 0.717) is 4.47 Å². The van der Waals surface area contributed by atoms with Gasteiger partial charge in [0.05, 0.1) is 0 Å². The van der Waals surface area contributed by atoms with Crippen molar-refractivity contribution in [2.75, 3.05) is 5.32 Å². The maximum atomic E-state index is 13.3. The molecule has 1 rings (SSSR count). The Morgan fingerprint density at radius 1 is 1.36 bits per heavy atom. The van der Waals surface area contributed by atoms with Gasteiger partial charge in [-0.2, -0.15) is 0 Å². The second-order valence-corrected chi connectivity index (χ2v) is 4.11. The summed E-state index contributed by atoms with van der Waals surface area (Å²) in [4.78, 5) is 0. The highest BCUT2D eigenvalue weighted by atomic mass is 79.9. The molecule has 0 saturated heterocycles. The highest BCUT2D eigenvalue weighted by Crippen LogP contribution is 2.24. The molecule has 1 atom stereocenters. The lowest BCUT2D eigenvalue weighted by molar-refractivity contribution is 0.580. The molecule has 1 N–H and O–H groups in total. The molecule has 1 aromatic rings. The Morgan fingerprint density at radius 2 is 1.86 bits per heavy atom. The van der Waals surface area contributed by atoms with Gasteiger partial charge in [0.1, 0.15) is 17.3 Å². The zero-order chi connectivity index (χ0) is 10.7. The van der Waals surface area contributed by atoms with E-state index in [1.807, 2.05) is 13.8 Å². The fraction of sp³-hybridized carbons (Fsp3) is 0.400. The Hall–Kier alpha value is -0.640. The Bertz CT molecular complexity index is 305. The molecule has 1 aromatic carbocycles. The number of benzene rings is 1. The Kier molecular flexibility index (Phi) is 3.86. The highest BCUT2D eigenvalue weighted by molar-refractivity contribution is 9.10. The maximum Gasteiger partial charge on any atom is 0.150 e. The van der Waals surface area contributed by atoms with Crippen LogP contribution in [0, 0.1) is 11.6 Å². The van der Waals surface area contributed by atoms with E-state index in [4.69, 9.17) is 0 Å². The van der Waals surface area contributed by atoms with Gasteiger partial charge < -0.3 is 5.32 Å². The first-order valence-corrected chi connectivity index (χ1v) is 5.25. The first kappa shape index (κ1) is 11.4. The molecule has 0 radical (unpaired) electrons. The standard InChI is InChI=1S/C10H12BrF2N/c1-3-6(2)14-10-8(12)4-7(11)5-9(10)13/h4-6,14H,3H2,1-2H3. The molecule has 0 amide bonds. The quantitative estimate of drug-likeness (QED) is 0.871. The molecular formula is C10H12BrF2N. The largest absolute Gasteiger partial charge is 0.378 e. The van der Waals surface area contributed by atoms with Crippen LogP contribution in [0.3, 0.4) is 0 Å². The maximum absolute atomic E-state index is 13.3. The van der Waals surface area contributed by atoms with Crippen LogP contribution >= 0.6 is 15.9 Å². The zero-order valence-corrected chi connectivity index (χ0v) is 9.66. The third-order valence-corrected chi connectivity index (χ3v) is 2.47. The van der Waals surface area contributed by atoms with E-state index in [1.54, 1.807) is 0 Å². The summed E-state index contributed by atoms with van der Waals surface area (Å²) < 4.78 is 27.0. The number of anilines is 1. The summed E-state index contributed by atoms with van der Waals surface area (Å²) in [6.45, 7) is 3.83. The number of hydrogen-bond acceptors (Lipinski definition) is 1. The molecule has 0 bridgehead atoms. The summed E-state index contributed by atoms with van der Waals surface area (Å²) in [5.74, 6) is -1.14. The van der Waals surface area contributed by atoms with Gasteiger partial charge in [-0.1, -0.05) is 22.9 Å². The molecule has 78 valence electrons. The lowest BCUT2D eigenvalue weighted by atomic mass is 10.2. The van der Waals surface area contributed by atoms with Gasteiger partial charge in [-0.15, -0.1) is 0 Å². The van der Waals surface area contributed by atoms with Crippen molar-refractivity contribution in [1.29, 1.82) is 0 Å². The predicted molar refractivity (Wildman–Crippen MR) is 57.4 cm³/mol. The minimum atomic E-state index is -0.572. The fourth-order valence-electron chi connectivity index (χ4n) is 1.03. The minimum Gasteiger partial charge on any atom is -0.378 e. The lowest BCUT2D eigenvalue weighted by Gasteiger charge is -2.14. The molecule has 0 heterocycles. The number of rotatable bonds is 3. The summed E-state index contributed by atoms with van der Waals surface area (Å²) in [5.41, 5.74) is -0.0532. The van der Waals surface area contributed by atoms with Crippen LogP contribution < -0.4 is 5.32 Å². The molecule has 0 aliphatic heterocycles. The van der Waals surface area contributed by atoms with Crippen LogP contribution in [0.5, 0.6) is 0 Å². The van der Waals surface area contributed by atoms with Crippen molar-refractivity contribution >= 4 is 21.6 Å². The van der Waals surface area contributed by atoms with Crippen LogP contribution in [0.2, 0.25) is 0 Å². The van der Waals surface area contributed by atoms with E-state index in [-0.39, 0.29) is 11.7 Å². The van der Waals surface area contributed by atoms with E-state index in [0.717, 1.165) is 6.42 Å². The number of halogens is 3. The van der Waals surface area contributed by atoms with Crippen molar-refractivity contribution in [3.63, 3.8) is 0 Å². The van der Waals surface area contributed by atoms with Crippen LogP contribution in [-0.2, 0) is 0 Å². The fourth-order valence-corrected chi connectivity index (χ4v) is 1.43. The topological polar surface area (TPSA) is 12.0 Å². The molecular weight excluding hydrogens is 252 g/mol. The van der Waals surface area contributed by atoms with Crippen LogP contribution in [-0.4, -0.2) is 6.04 Å². The van der Waals surface area contributed by atoms with E-state index in [1.165, 1.54) is 12.1 Å². The molecule has 0 aromatic heterocycles. The number of nitrogens with one attached hydrogen (secondary N) is 1. The molecule has 0 fully saturated rings. The summed E-state index contributed by atoms with van der Waals surface area (Å²) in [6.07, 6.45) is 0.814. The third kappa shape index (κ3) is 2.67. The smallest absolute Gasteiger partial charge is 0.150 e. The number of hydrogen-bond donors (Lipinski definition) is 1. The van der Waals surface area contributed by atoms with Crippen LogP contribution in [0.15, 0.2) is 16.6 Å². The van der Waals surface area contributed by atoms with Crippen molar-refractivity contribution in [3.8, 4) is 0 Å². The second-order valence-electron chi connectivity index (χ2n) is 3.20. The summed E-state index contributed by atoms with van der Waals surface area (Å²) >= 11 is 3.02. The van der Waals surface area contributed by atoms with Crippen LogP contribution in [0.4, 0.5) is 14.5 Å². The van der Waals surface area contributed by atoms with Gasteiger partial charge in [-0.25, -0.2) is 8.78 Å². The zero-order valence-electron chi connectivity index (χ0n) is 8.07. The van der Waals surface area contributed by atoms with Gasteiger partial charge in [0.15, 0.2) is 0 Å². The first-order chi connectivity index (χ1) is 6.54. The molecule has 0 spiro atoms. The van der Waals surface area contributed by atoms with Gasteiger partial charge in [-0.3, -0.25) is 0 Å². The monoisotopic (exact) mass is 263 g/mol. The molecule has 1 nitrogen and oxygen atoms in total. The van der Waals surface area contributed by atoms with Gasteiger partial charge in [0.25, 0.3) is 0 Å². The molecule has 4 heteroatoms. The van der Waals surface area contributed by atoms with E-state index >= 15 is 0 Å². The van der Waals surface area contributed by atoms with Crippen LogP contribution in [0.1, 0.15) is 20.3 Å². The van der Waals surface area contributed by atoms with E-state index in [9.17, 15) is 8.78 Å². The summed E-state index contributed by atoms with van der Waals surface area (Å²) in [7, 11) is 0.